The van der Waals surface area contributed by atoms with Gasteiger partial charge in [-0.3, -0.25) is 4.98 Å². The fourth-order valence-electron chi connectivity index (χ4n) is 2.30. The zero-order valence-corrected chi connectivity index (χ0v) is 13.9. The van der Waals surface area contributed by atoms with Gasteiger partial charge in [0.25, 0.3) is 0 Å². The molecule has 3 aromatic rings. The van der Waals surface area contributed by atoms with E-state index in [0.29, 0.717) is 6.61 Å². The minimum absolute atomic E-state index is 0.711. The molecule has 0 unspecified atom stereocenters. The first kappa shape index (κ1) is 15.7. The van der Waals surface area contributed by atoms with Gasteiger partial charge in [0.2, 0.25) is 0 Å². The number of rotatable bonds is 7. The van der Waals surface area contributed by atoms with Crippen LogP contribution in [0, 0.1) is 0 Å². The molecule has 118 valence electrons. The fourth-order valence-corrected chi connectivity index (χ4v) is 3.27. The first-order valence-corrected chi connectivity index (χ1v) is 8.59. The van der Waals surface area contributed by atoms with Gasteiger partial charge < -0.3 is 9.47 Å². The summed E-state index contributed by atoms with van der Waals surface area (Å²) < 4.78 is 10.9. The highest BCUT2D eigenvalue weighted by molar-refractivity contribution is 7.99. The van der Waals surface area contributed by atoms with E-state index in [9.17, 15) is 0 Å². The molecule has 0 aliphatic rings. The van der Waals surface area contributed by atoms with E-state index in [4.69, 9.17) is 9.47 Å². The van der Waals surface area contributed by atoms with Gasteiger partial charge in [-0.1, -0.05) is 18.2 Å². The van der Waals surface area contributed by atoms with Crippen LogP contribution in [-0.4, -0.2) is 24.5 Å². The summed E-state index contributed by atoms with van der Waals surface area (Å²) in [5, 5.41) is 1.22. The summed E-state index contributed by atoms with van der Waals surface area (Å²) >= 11 is 1.85. The summed E-state index contributed by atoms with van der Waals surface area (Å²) in [4.78, 5) is 5.67. The molecular formula is C19H19NO2S. The van der Waals surface area contributed by atoms with Crippen LogP contribution in [0.3, 0.4) is 0 Å². The second kappa shape index (κ2) is 7.88. The molecule has 0 radical (unpaired) electrons. The Bertz CT molecular complexity index is 753. The predicted octanol–water partition coefficient (Wildman–Crippen LogP) is 4.80. The van der Waals surface area contributed by atoms with Gasteiger partial charge in [-0.25, -0.2) is 0 Å². The van der Waals surface area contributed by atoms with Gasteiger partial charge in [0, 0.05) is 22.2 Å². The molecule has 2 aromatic carbocycles. The van der Waals surface area contributed by atoms with Crippen molar-refractivity contribution in [1.29, 1.82) is 0 Å². The van der Waals surface area contributed by atoms with Crippen molar-refractivity contribution in [2.24, 2.45) is 0 Å². The van der Waals surface area contributed by atoms with Crippen LogP contribution in [-0.2, 0) is 0 Å². The van der Waals surface area contributed by atoms with Crippen LogP contribution in [0.5, 0.6) is 11.5 Å². The predicted molar refractivity (Wildman–Crippen MR) is 95.6 cm³/mol. The van der Waals surface area contributed by atoms with Crippen molar-refractivity contribution in [2.45, 2.75) is 11.3 Å². The average molecular weight is 325 g/mol. The molecule has 1 heterocycles. The number of pyridine rings is 1. The van der Waals surface area contributed by atoms with Crippen LogP contribution in [0.15, 0.2) is 65.7 Å². The van der Waals surface area contributed by atoms with Crippen molar-refractivity contribution in [3.8, 4) is 11.5 Å². The highest BCUT2D eigenvalue weighted by Crippen LogP contribution is 2.27. The van der Waals surface area contributed by atoms with E-state index < -0.39 is 0 Å². The number of methoxy groups -OCH3 is 1. The van der Waals surface area contributed by atoms with E-state index in [2.05, 4.69) is 23.2 Å². The quantitative estimate of drug-likeness (QED) is 0.461. The van der Waals surface area contributed by atoms with E-state index in [1.165, 1.54) is 10.3 Å². The Balaban J connectivity index is 1.47. The second-order valence-electron chi connectivity index (χ2n) is 5.05. The monoisotopic (exact) mass is 325 g/mol. The minimum Gasteiger partial charge on any atom is -0.497 e. The summed E-state index contributed by atoms with van der Waals surface area (Å²) in [6.07, 6.45) is 2.87. The van der Waals surface area contributed by atoms with Gasteiger partial charge in [0.15, 0.2) is 0 Å². The summed E-state index contributed by atoms with van der Waals surface area (Å²) in [5.41, 5.74) is 1.05. The van der Waals surface area contributed by atoms with Crippen molar-refractivity contribution < 1.29 is 9.47 Å². The SMILES string of the molecule is COc1ccc(OCCCSc2ccnc3ccccc23)cc1. The molecular weight excluding hydrogens is 306 g/mol. The molecule has 4 heteroatoms. The van der Waals surface area contributed by atoms with Crippen molar-refractivity contribution >= 4 is 22.7 Å². The lowest BCUT2D eigenvalue weighted by Crippen LogP contribution is -1.98. The lowest BCUT2D eigenvalue weighted by molar-refractivity contribution is 0.318. The highest BCUT2D eigenvalue weighted by Gasteiger charge is 2.02. The Morgan fingerprint density at radius 1 is 0.957 bits per heavy atom. The molecule has 0 aliphatic carbocycles. The van der Waals surface area contributed by atoms with Gasteiger partial charge in [-0.15, -0.1) is 11.8 Å². The van der Waals surface area contributed by atoms with E-state index in [1.807, 2.05) is 54.4 Å². The molecule has 0 aliphatic heterocycles. The Kier molecular flexibility index (Phi) is 5.37. The van der Waals surface area contributed by atoms with Gasteiger partial charge in [-0.05, 0) is 42.8 Å². The second-order valence-corrected chi connectivity index (χ2v) is 6.19. The van der Waals surface area contributed by atoms with Crippen LogP contribution in [0.1, 0.15) is 6.42 Å². The van der Waals surface area contributed by atoms with E-state index in [0.717, 1.165) is 29.2 Å². The van der Waals surface area contributed by atoms with Gasteiger partial charge in [0.05, 0.1) is 19.2 Å². The van der Waals surface area contributed by atoms with Crippen molar-refractivity contribution in [2.75, 3.05) is 19.5 Å². The maximum Gasteiger partial charge on any atom is 0.119 e. The molecule has 0 fully saturated rings. The van der Waals surface area contributed by atoms with Crippen LogP contribution in [0.2, 0.25) is 0 Å². The zero-order valence-electron chi connectivity index (χ0n) is 13.1. The smallest absolute Gasteiger partial charge is 0.119 e. The first-order valence-electron chi connectivity index (χ1n) is 7.60. The van der Waals surface area contributed by atoms with Gasteiger partial charge >= 0.3 is 0 Å². The van der Waals surface area contributed by atoms with Crippen LogP contribution >= 0.6 is 11.8 Å². The molecule has 0 saturated carbocycles. The van der Waals surface area contributed by atoms with Gasteiger partial charge in [-0.2, -0.15) is 0 Å². The molecule has 3 nitrogen and oxygen atoms in total. The standard InChI is InChI=1S/C19H19NO2S/c1-21-15-7-9-16(10-8-15)22-13-4-14-23-19-11-12-20-18-6-3-2-5-17(18)19/h2-3,5-12H,4,13-14H2,1H3. The number of ether oxygens (including phenoxy) is 2. The van der Waals surface area contributed by atoms with Crippen molar-refractivity contribution in [1.82, 2.24) is 4.98 Å². The molecule has 23 heavy (non-hydrogen) atoms. The normalized spacial score (nSPS) is 10.7. The van der Waals surface area contributed by atoms with E-state index in [1.54, 1.807) is 7.11 Å². The molecule has 0 spiro atoms. The minimum atomic E-state index is 0.711. The lowest BCUT2D eigenvalue weighted by atomic mass is 10.2. The summed E-state index contributed by atoms with van der Waals surface area (Å²) in [6, 6.07) is 18.0. The molecule has 0 N–H and O–H groups in total. The topological polar surface area (TPSA) is 31.4 Å². The maximum absolute atomic E-state index is 5.75. The third-order valence-electron chi connectivity index (χ3n) is 3.48. The number of hydrogen-bond donors (Lipinski definition) is 0. The molecule has 0 atom stereocenters. The van der Waals surface area contributed by atoms with Crippen LogP contribution in [0.4, 0.5) is 0 Å². The zero-order chi connectivity index (χ0) is 15.9. The Morgan fingerprint density at radius 2 is 1.74 bits per heavy atom. The Hall–Kier alpha value is -2.20. The number of benzene rings is 2. The Labute approximate surface area is 140 Å². The average Bonchev–Trinajstić information content (AvgIpc) is 2.62. The number of hydrogen-bond acceptors (Lipinski definition) is 4. The van der Waals surface area contributed by atoms with Crippen LogP contribution < -0.4 is 9.47 Å². The van der Waals surface area contributed by atoms with E-state index in [-0.39, 0.29) is 0 Å². The highest BCUT2D eigenvalue weighted by atomic mass is 32.2. The third-order valence-corrected chi connectivity index (χ3v) is 4.64. The third kappa shape index (κ3) is 4.17. The summed E-state index contributed by atoms with van der Waals surface area (Å²) in [7, 11) is 1.66. The number of fused-ring (bicyclic) bond motifs is 1. The molecule has 0 bridgehead atoms. The molecule has 3 rings (SSSR count). The fraction of sp³-hybridized carbons (Fsp3) is 0.211. The number of aromatic nitrogens is 1. The van der Waals surface area contributed by atoms with Crippen LogP contribution in [0.25, 0.3) is 10.9 Å². The lowest BCUT2D eigenvalue weighted by Gasteiger charge is -2.08. The Morgan fingerprint density at radius 3 is 2.57 bits per heavy atom. The largest absolute Gasteiger partial charge is 0.497 e. The van der Waals surface area contributed by atoms with Crippen molar-refractivity contribution in [3.63, 3.8) is 0 Å². The number of nitrogens with zero attached hydrogens (tertiary/aromatic N) is 1. The first-order chi connectivity index (χ1) is 11.4. The summed E-state index contributed by atoms with van der Waals surface area (Å²) in [5.74, 6) is 2.74. The maximum atomic E-state index is 5.75. The molecule has 0 amide bonds. The van der Waals surface area contributed by atoms with Crippen molar-refractivity contribution in [3.05, 3.63) is 60.8 Å². The van der Waals surface area contributed by atoms with E-state index >= 15 is 0 Å². The summed E-state index contributed by atoms with van der Waals surface area (Å²) in [6.45, 7) is 0.711. The molecule has 1 aromatic heterocycles. The molecule has 0 saturated heterocycles. The number of para-hydroxylation sites is 1. The number of thioether (sulfide) groups is 1. The van der Waals surface area contributed by atoms with Gasteiger partial charge in [0.1, 0.15) is 11.5 Å².